The second-order valence-corrected chi connectivity index (χ2v) is 13.1. The highest BCUT2D eigenvalue weighted by Crippen LogP contribution is 2.38. The molecule has 0 aliphatic heterocycles. The molecule has 1 aliphatic rings. The van der Waals surface area contributed by atoms with E-state index in [4.69, 9.17) is 9.47 Å². The fraction of sp³-hybridized carbons (Fsp3) is 0.545. The molecule has 0 saturated heterocycles. The highest BCUT2D eigenvalue weighted by atomic mass is 16.5. The molecule has 2 aromatic carbocycles. The SMILES string of the molecule is CN(C)CCCC(C)(C)COC(=O)c1ccc2c(c1)C(=O)c1cc(C(=O)OCC(C)(C)CCCN(C)C)ccc1-2. The molecule has 0 amide bonds. The van der Waals surface area contributed by atoms with E-state index in [1.807, 2.05) is 28.2 Å². The van der Waals surface area contributed by atoms with Crippen LogP contribution in [-0.2, 0) is 9.47 Å². The first-order valence-electron chi connectivity index (χ1n) is 14.2. The molecule has 218 valence electrons. The molecule has 0 aromatic heterocycles. The van der Waals surface area contributed by atoms with Gasteiger partial charge in [-0.3, -0.25) is 4.79 Å². The van der Waals surface area contributed by atoms with Gasteiger partial charge in [0.1, 0.15) is 0 Å². The molecule has 7 heteroatoms. The summed E-state index contributed by atoms with van der Waals surface area (Å²) in [5.41, 5.74) is 2.82. The molecule has 7 nitrogen and oxygen atoms in total. The van der Waals surface area contributed by atoms with E-state index in [-0.39, 0.29) is 16.6 Å². The Bertz CT molecular complexity index is 1140. The van der Waals surface area contributed by atoms with E-state index in [0.29, 0.717) is 35.5 Å². The van der Waals surface area contributed by atoms with Gasteiger partial charge in [-0.05, 0) is 113 Å². The van der Waals surface area contributed by atoms with Gasteiger partial charge in [0.25, 0.3) is 0 Å². The smallest absolute Gasteiger partial charge is 0.338 e. The molecule has 0 unspecified atom stereocenters. The van der Waals surface area contributed by atoms with Crippen LogP contribution in [0.3, 0.4) is 0 Å². The van der Waals surface area contributed by atoms with Crippen LogP contribution < -0.4 is 0 Å². The Morgan fingerprint density at radius 2 is 1.02 bits per heavy atom. The number of ether oxygens (including phenoxy) is 2. The van der Waals surface area contributed by atoms with Gasteiger partial charge in [0, 0.05) is 11.1 Å². The molecule has 0 bridgehead atoms. The largest absolute Gasteiger partial charge is 0.462 e. The molecular formula is C33H46N2O5. The summed E-state index contributed by atoms with van der Waals surface area (Å²) in [5.74, 6) is -1.09. The van der Waals surface area contributed by atoms with E-state index in [9.17, 15) is 14.4 Å². The highest BCUT2D eigenvalue weighted by molar-refractivity contribution is 6.22. The second kappa shape index (κ2) is 13.1. The number of hydrogen-bond acceptors (Lipinski definition) is 7. The summed E-state index contributed by atoms with van der Waals surface area (Å²) < 4.78 is 11.3. The van der Waals surface area contributed by atoms with Gasteiger partial charge < -0.3 is 19.3 Å². The van der Waals surface area contributed by atoms with Gasteiger partial charge in [0.15, 0.2) is 5.78 Å². The Labute approximate surface area is 239 Å². The number of nitrogens with zero attached hydrogens (tertiary/aromatic N) is 2. The van der Waals surface area contributed by atoms with Crippen molar-refractivity contribution in [2.24, 2.45) is 10.8 Å². The summed E-state index contributed by atoms with van der Waals surface area (Å²) in [5, 5.41) is 0. The van der Waals surface area contributed by atoms with E-state index in [1.54, 1.807) is 36.4 Å². The lowest BCUT2D eigenvalue weighted by atomic mass is 9.89. The van der Waals surface area contributed by atoms with E-state index in [0.717, 1.165) is 49.9 Å². The maximum Gasteiger partial charge on any atom is 0.338 e. The first-order chi connectivity index (χ1) is 18.7. The monoisotopic (exact) mass is 550 g/mol. The molecule has 0 radical (unpaired) electrons. The number of carbonyl (C=O) groups is 3. The normalized spacial score (nSPS) is 13.0. The maximum absolute atomic E-state index is 13.3. The minimum Gasteiger partial charge on any atom is -0.462 e. The first-order valence-corrected chi connectivity index (χ1v) is 14.2. The van der Waals surface area contributed by atoms with Crippen molar-refractivity contribution in [2.45, 2.75) is 53.4 Å². The van der Waals surface area contributed by atoms with Crippen molar-refractivity contribution in [1.29, 1.82) is 0 Å². The van der Waals surface area contributed by atoms with Gasteiger partial charge in [-0.25, -0.2) is 9.59 Å². The topological polar surface area (TPSA) is 76.1 Å². The van der Waals surface area contributed by atoms with Crippen LogP contribution in [0.2, 0.25) is 0 Å². The molecule has 0 heterocycles. The van der Waals surface area contributed by atoms with Crippen molar-refractivity contribution < 1.29 is 23.9 Å². The molecular weight excluding hydrogens is 504 g/mol. The number of hydrogen-bond donors (Lipinski definition) is 0. The standard InChI is InChI=1S/C33H46N2O5/c1-32(2,15-9-17-34(5)6)21-39-30(37)23-11-13-25-26-14-12-24(20-28(26)29(36)27(25)19-23)31(38)40-22-33(3,4)16-10-18-35(7)8/h11-14,19-20H,9-10,15-18,21-22H2,1-8H3. The number of carbonyl (C=O) groups excluding carboxylic acids is 3. The molecule has 0 saturated carbocycles. The van der Waals surface area contributed by atoms with Crippen molar-refractivity contribution in [3.63, 3.8) is 0 Å². The summed E-state index contributed by atoms with van der Waals surface area (Å²) >= 11 is 0. The highest BCUT2D eigenvalue weighted by Gasteiger charge is 2.30. The average Bonchev–Trinajstić information content (AvgIpc) is 3.16. The summed E-state index contributed by atoms with van der Waals surface area (Å²) in [6, 6.07) is 10.2. The zero-order valence-corrected chi connectivity index (χ0v) is 25.6. The predicted octanol–water partition coefficient (Wildman–Crippen LogP) is 5.95. The Morgan fingerprint density at radius 3 is 1.38 bits per heavy atom. The fourth-order valence-electron chi connectivity index (χ4n) is 4.91. The lowest BCUT2D eigenvalue weighted by Crippen LogP contribution is -2.24. The minimum atomic E-state index is -0.440. The van der Waals surface area contributed by atoms with Gasteiger partial charge in [0.2, 0.25) is 0 Å². The van der Waals surface area contributed by atoms with E-state index in [2.05, 4.69) is 37.5 Å². The quantitative estimate of drug-likeness (QED) is 0.230. The molecule has 0 fully saturated rings. The Balaban J connectivity index is 1.63. The zero-order valence-electron chi connectivity index (χ0n) is 25.6. The number of rotatable bonds is 14. The van der Waals surface area contributed by atoms with Crippen molar-refractivity contribution in [2.75, 3.05) is 54.5 Å². The zero-order chi connectivity index (χ0) is 29.7. The molecule has 3 rings (SSSR count). The second-order valence-electron chi connectivity index (χ2n) is 13.1. The molecule has 0 atom stereocenters. The lowest BCUT2D eigenvalue weighted by Gasteiger charge is -2.25. The molecule has 2 aromatic rings. The van der Waals surface area contributed by atoms with Gasteiger partial charge in [0.05, 0.1) is 24.3 Å². The van der Waals surface area contributed by atoms with Crippen LogP contribution in [-0.4, -0.2) is 82.0 Å². The summed E-state index contributed by atoms with van der Waals surface area (Å²) in [6.45, 7) is 11.0. The van der Waals surface area contributed by atoms with Crippen LogP contribution in [0.4, 0.5) is 0 Å². The van der Waals surface area contributed by atoms with Gasteiger partial charge in [-0.1, -0.05) is 39.8 Å². The van der Waals surface area contributed by atoms with E-state index >= 15 is 0 Å². The van der Waals surface area contributed by atoms with Crippen LogP contribution in [0.15, 0.2) is 36.4 Å². The van der Waals surface area contributed by atoms with Crippen molar-refractivity contribution in [1.82, 2.24) is 9.80 Å². The fourth-order valence-corrected chi connectivity index (χ4v) is 4.91. The number of benzene rings is 2. The Morgan fingerprint density at radius 1 is 0.650 bits per heavy atom. The van der Waals surface area contributed by atoms with Crippen LogP contribution >= 0.6 is 0 Å². The predicted molar refractivity (Wildman–Crippen MR) is 159 cm³/mol. The van der Waals surface area contributed by atoms with Crippen LogP contribution in [0.25, 0.3) is 11.1 Å². The van der Waals surface area contributed by atoms with Gasteiger partial charge in [-0.2, -0.15) is 0 Å². The van der Waals surface area contributed by atoms with Crippen molar-refractivity contribution >= 4 is 17.7 Å². The van der Waals surface area contributed by atoms with Gasteiger partial charge >= 0.3 is 11.9 Å². The summed E-state index contributed by atoms with van der Waals surface area (Å²) in [4.78, 5) is 43.3. The number of fused-ring (bicyclic) bond motifs is 3. The third-order valence-corrected chi connectivity index (χ3v) is 7.40. The van der Waals surface area contributed by atoms with Crippen LogP contribution in [0.1, 0.15) is 90.0 Å². The lowest BCUT2D eigenvalue weighted by molar-refractivity contribution is 0.0315. The number of esters is 2. The maximum atomic E-state index is 13.3. The number of ketones is 1. The van der Waals surface area contributed by atoms with Gasteiger partial charge in [-0.15, -0.1) is 0 Å². The molecule has 1 aliphatic carbocycles. The average molecular weight is 551 g/mol. The molecule has 0 N–H and O–H groups in total. The van der Waals surface area contributed by atoms with E-state index < -0.39 is 11.9 Å². The minimum absolute atomic E-state index is 0.138. The Kier molecular flexibility index (Phi) is 10.3. The van der Waals surface area contributed by atoms with Crippen LogP contribution in [0, 0.1) is 10.8 Å². The summed E-state index contributed by atoms with van der Waals surface area (Å²) in [6.07, 6.45) is 3.92. The Hall–Kier alpha value is -3.03. The third kappa shape index (κ3) is 8.48. The van der Waals surface area contributed by atoms with E-state index in [1.165, 1.54) is 0 Å². The molecule has 40 heavy (non-hydrogen) atoms. The summed E-state index contributed by atoms with van der Waals surface area (Å²) in [7, 11) is 8.18. The van der Waals surface area contributed by atoms with Crippen molar-refractivity contribution in [3.05, 3.63) is 58.7 Å². The third-order valence-electron chi connectivity index (χ3n) is 7.40. The molecule has 0 spiro atoms. The van der Waals surface area contributed by atoms with Crippen LogP contribution in [0.5, 0.6) is 0 Å². The first kappa shape index (κ1) is 31.5. The van der Waals surface area contributed by atoms with Crippen molar-refractivity contribution in [3.8, 4) is 11.1 Å².